The van der Waals surface area contributed by atoms with Crippen molar-refractivity contribution < 1.29 is 9.32 Å². The Morgan fingerprint density at radius 3 is 2.70 bits per heavy atom. The number of nitrogens with zero attached hydrogens (tertiary/aromatic N) is 2. The van der Waals surface area contributed by atoms with E-state index in [0.717, 1.165) is 11.3 Å². The van der Waals surface area contributed by atoms with Gasteiger partial charge in [0.15, 0.2) is 5.82 Å². The van der Waals surface area contributed by atoms with E-state index < -0.39 is 0 Å². The van der Waals surface area contributed by atoms with Crippen molar-refractivity contribution in [2.75, 3.05) is 0 Å². The van der Waals surface area contributed by atoms with Crippen molar-refractivity contribution in [1.29, 1.82) is 0 Å². The van der Waals surface area contributed by atoms with E-state index in [9.17, 15) is 4.79 Å². The zero-order valence-corrected chi connectivity index (χ0v) is 13.4. The molecule has 0 aliphatic rings. The molecule has 23 heavy (non-hydrogen) atoms. The molecule has 0 aliphatic carbocycles. The maximum Gasteiger partial charge on any atom is 0.257 e. The van der Waals surface area contributed by atoms with Crippen LogP contribution in [0, 0.1) is 6.92 Å². The molecule has 0 bridgehead atoms. The molecule has 0 saturated carbocycles. The first-order chi connectivity index (χ1) is 11.0. The number of nitrogens with one attached hydrogen (secondary N) is 2. The van der Waals surface area contributed by atoms with Crippen LogP contribution >= 0.6 is 11.6 Å². The fourth-order valence-corrected chi connectivity index (χ4v) is 2.28. The lowest BCUT2D eigenvalue weighted by atomic mass is 10.2. The maximum absolute atomic E-state index is 12.2. The van der Waals surface area contributed by atoms with Gasteiger partial charge in [0.1, 0.15) is 0 Å². The minimum atomic E-state index is -0.374. The highest BCUT2D eigenvalue weighted by Gasteiger charge is 2.18. The number of aromatic nitrogens is 3. The molecule has 0 radical (unpaired) electrons. The highest BCUT2D eigenvalue weighted by Crippen LogP contribution is 2.21. The van der Waals surface area contributed by atoms with E-state index in [0.29, 0.717) is 22.3 Å². The number of halogens is 1. The molecule has 1 atom stereocenters. The van der Waals surface area contributed by atoms with Crippen molar-refractivity contribution in [1.82, 2.24) is 20.4 Å². The number of rotatable bonds is 4. The molecule has 2 heterocycles. The summed E-state index contributed by atoms with van der Waals surface area (Å²) in [4.78, 5) is 19.5. The van der Waals surface area contributed by atoms with Crippen LogP contribution in [0.4, 0.5) is 0 Å². The quantitative estimate of drug-likeness (QED) is 0.766. The first-order valence-corrected chi connectivity index (χ1v) is 7.47. The summed E-state index contributed by atoms with van der Waals surface area (Å²) >= 11 is 5.86. The molecule has 2 aromatic heterocycles. The summed E-state index contributed by atoms with van der Waals surface area (Å²) < 4.78 is 5.25. The van der Waals surface area contributed by atoms with Crippen molar-refractivity contribution in [2.45, 2.75) is 19.9 Å². The van der Waals surface area contributed by atoms with Crippen LogP contribution in [0.1, 0.15) is 34.8 Å². The normalized spacial score (nSPS) is 12.1. The molecule has 0 saturated heterocycles. The Bertz CT molecular complexity index is 823. The molecular weight excluding hydrogens is 316 g/mol. The fraction of sp³-hybridized carbons (Fsp3) is 0.188. The zero-order valence-electron chi connectivity index (χ0n) is 12.6. The number of aryl methyl sites for hydroxylation is 1. The molecular formula is C16H15ClN4O2. The van der Waals surface area contributed by atoms with Crippen LogP contribution in [0.5, 0.6) is 0 Å². The second-order valence-electron chi connectivity index (χ2n) is 5.18. The van der Waals surface area contributed by atoms with Gasteiger partial charge in [-0.3, -0.25) is 4.79 Å². The molecule has 1 aromatic carbocycles. The summed E-state index contributed by atoms with van der Waals surface area (Å²) in [5.74, 6) is 0.612. The molecule has 7 heteroatoms. The van der Waals surface area contributed by atoms with Crippen molar-refractivity contribution >= 4 is 17.5 Å². The van der Waals surface area contributed by atoms with E-state index in [1.807, 2.05) is 6.92 Å². The largest absolute Gasteiger partial charge is 0.365 e. The molecule has 1 amide bonds. The van der Waals surface area contributed by atoms with Crippen LogP contribution in [0.2, 0.25) is 5.02 Å². The Morgan fingerprint density at radius 2 is 2.04 bits per heavy atom. The number of aromatic amines is 1. The molecule has 1 unspecified atom stereocenters. The summed E-state index contributed by atoms with van der Waals surface area (Å²) in [5.41, 5.74) is 2.18. The molecule has 0 aliphatic heterocycles. The highest BCUT2D eigenvalue weighted by atomic mass is 35.5. The van der Waals surface area contributed by atoms with Crippen LogP contribution in [-0.2, 0) is 0 Å². The van der Waals surface area contributed by atoms with Gasteiger partial charge in [0.05, 0.1) is 11.6 Å². The third-order valence-corrected chi connectivity index (χ3v) is 3.72. The third kappa shape index (κ3) is 3.27. The molecule has 6 nitrogen and oxygen atoms in total. The van der Waals surface area contributed by atoms with Gasteiger partial charge in [0.2, 0.25) is 0 Å². The molecule has 118 valence electrons. The van der Waals surface area contributed by atoms with E-state index in [4.69, 9.17) is 16.1 Å². The van der Waals surface area contributed by atoms with Crippen LogP contribution in [0.15, 0.2) is 41.1 Å². The monoisotopic (exact) mass is 330 g/mol. The molecule has 2 N–H and O–H groups in total. The Labute approximate surface area is 137 Å². The molecule has 0 spiro atoms. The van der Waals surface area contributed by atoms with Gasteiger partial charge in [-0.1, -0.05) is 16.8 Å². The van der Waals surface area contributed by atoms with E-state index in [2.05, 4.69) is 20.4 Å². The topological polar surface area (TPSA) is 83.8 Å². The standard InChI is InChI=1S/C16H15ClN4O2/c1-9-13(7-8-18-9)15(22)19-10(2)14-20-16(23-21-14)11-3-5-12(17)6-4-11/h3-8,10,18H,1-2H3,(H,19,22). The maximum atomic E-state index is 12.2. The average Bonchev–Trinajstić information content (AvgIpc) is 3.17. The van der Waals surface area contributed by atoms with Crippen LogP contribution in [0.25, 0.3) is 11.5 Å². The minimum Gasteiger partial charge on any atom is -0.365 e. The van der Waals surface area contributed by atoms with Crippen LogP contribution < -0.4 is 5.32 Å². The van der Waals surface area contributed by atoms with Gasteiger partial charge < -0.3 is 14.8 Å². The van der Waals surface area contributed by atoms with Gasteiger partial charge in [-0.15, -0.1) is 0 Å². The van der Waals surface area contributed by atoms with Crippen molar-refractivity contribution in [2.24, 2.45) is 0 Å². The SMILES string of the molecule is Cc1[nH]ccc1C(=O)NC(C)c1noc(-c2ccc(Cl)cc2)n1. The first kappa shape index (κ1) is 15.3. The van der Waals surface area contributed by atoms with Gasteiger partial charge in [-0.25, -0.2) is 0 Å². The number of hydrogen-bond acceptors (Lipinski definition) is 4. The van der Waals surface area contributed by atoms with E-state index in [1.165, 1.54) is 0 Å². The minimum absolute atomic E-state index is 0.186. The predicted molar refractivity (Wildman–Crippen MR) is 86.2 cm³/mol. The number of hydrogen-bond donors (Lipinski definition) is 2. The molecule has 3 rings (SSSR count). The van der Waals surface area contributed by atoms with Gasteiger partial charge >= 0.3 is 0 Å². The second-order valence-corrected chi connectivity index (χ2v) is 5.61. The Morgan fingerprint density at radius 1 is 1.30 bits per heavy atom. The summed E-state index contributed by atoms with van der Waals surface area (Å²) in [5, 5.41) is 7.41. The number of benzene rings is 1. The zero-order chi connectivity index (χ0) is 16.4. The highest BCUT2D eigenvalue weighted by molar-refractivity contribution is 6.30. The lowest BCUT2D eigenvalue weighted by Crippen LogP contribution is -2.27. The predicted octanol–water partition coefficient (Wildman–Crippen LogP) is 3.52. The van der Waals surface area contributed by atoms with E-state index >= 15 is 0 Å². The number of carbonyl (C=O) groups excluding carboxylic acids is 1. The number of amides is 1. The molecule has 3 aromatic rings. The van der Waals surface area contributed by atoms with Gasteiger partial charge in [0, 0.05) is 22.5 Å². The van der Waals surface area contributed by atoms with Gasteiger partial charge in [-0.2, -0.15) is 4.98 Å². The van der Waals surface area contributed by atoms with Crippen molar-refractivity contribution in [3.8, 4) is 11.5 Å². The fourth-order valence-electron chi connectivity index (χ4n) is 2.16. The van der Waals surface area contributed by atoms with Crippen molar-refractivity contribution in [3.63, 3.8) is 0 Å². The molecule has 0 fully saturated rings. The number of H-pyrrole nitrogens is 1. The lowest BCUT2D eigenvalue weighted by molar-refractivity contribution is 0.0937. The van der Waals surface area contributed by atoms with Gasteiger partial charge in [0.25, 0.3) is 11.8 Å². The smallest absolute Gasteiger partial charge is 0.257 e. The summed E-state index contributed by atoms with van der Waals surface area (Å²) in [6.45, 7) is 3.64. The lowest BCUT2D eigenvalue weighted by Gasteiger charge is -2.09. The van der Waals surface area contributed by atoms with Gasteiger partial charge in [-0.05, 0) is 44.2 Å². The van der Waals surface area contributed by atoms with Crippen LogP contribution in [0.3, 0.4) is 0 Å². The second kappa shape index (κ2) is 6.26. The van der Waals surface area contributed by atoms with Crippen molar-refractivity contribution in [3.05, 3.63) is 58.6 Å². The Hall–Kier alpha value is -2.60. The van der Waals surface area contributed by atoms with E-state index in [-0.39, 0.29) is 11.9 Å². The average molecular weight is 331 g/mol. The summed E-state index contributed by atoms with van der Waals surface area (Å²) in [7, 11) is 0. The van der Waals surface area contributed by atoms with Crippen LogP contribution in [-0.4, -0.2) is 21.0 Å². The van der Waals surface area contributed by atoms with E-state index in [1.54, 1.807) is 43.5 Å². The first-order valence-electron chi connectivity index (χ1n) is 7.09. The summed E-state index contributed by atoms with van der Waals surface area (Å²) in [6, 6.07) is 8.45. The Balaban J connectivity index is 1.73. The summed E-state index contributed by atoms with van der Waals surface area (Å²) in [6.07, 6.45) is 1.72. The number of carbonyl (C=O) groups is 1. The third-order valence-electron chi connectivity index (χ3n) is 3.47. The Kier molecular flexibility index (Phi) is 4.16.